The second-order valence-corrected chi connectivity index (χ2v) is 5.87. The maximum atomic E-state index is 12.9. The van der Waals surface area contributed by atoms with Crippen LogP contribution in [0.25, 0.3) is 11.3 Å². The lowest BCUT2D eigenvalue weighted by Gasteiger charge is -2.09. The zero-order valence-corrected chi connectivity index (χ0v) is 15.1. The SMILES string of the molecule is CNCCNC(=S)N/N=C/c1ccc(-c2cc(C(F)(F)F)ccc2C)o1. The lowest BCUT2D eigenvalue weighted by molar-refractivity contribution is -0.137. The molecule has 1 aromatic carbocycles. The highest BCUT2D eigenvalue weighted by Crippen LogP contribution is 2.34. The van der Waals surface area contributed by atoms with E-state index in [0.29, 0.717) is 34.3 Å². The molecule has 0 bridgehead atoms. The smallest absolute Gasteiger partial charge is 0.416 e. The van der Waals surface area contributed by atoms with Crippen molar-refractivity contribution in [3.8, 4) is 11.3 Å². The van der Waals surface area contributed by atoms with Crippen LogP contribution in [-0.4, -0.2) is 31.5 Å². The second-order valence-electron chi connectivity index (χ2n) is 5.46. The first-order valence-electron chi connectivity index (χ1n) is 7.81. The first kappa shape index (κ1) is 19.9. The van der Waals surface area contributed by atoms with Crippen LogP contribution in [0.5, 0.6) is 0 Å². The second kappa shape index (κ2) is 8.81. The summed E-state index contributed by atoms with van der Waals surface area (Å²) in [6, 6.07) is 6.78. The van der Waals surface area contributed by atoms with E-state index in [2.05, 4.69) is 21.2 Å². The maximum Gasteiger partial charge on any atom is 0.416 e. The van der Waals surface area contributed by atoms with E-state index in [1.807, 2.05) is 7.05 Å². The summed E-state index contributed by atoms with van der Waals surface area (Å²) in [6.07, 6.45) is -3.00. The van der Waals surface area contributed by atoms with Crippen LogP contribution in [0.4, 0.5) is 13.2 Å². The molecular weight excluding hydrogens is 365 g/mol. The Morgan fingerprint density at radius 2 is 2.00 bits per heavy atom. The molecule has 0 atom stereocenters. The van der Waals surface area contributed by atoms with Gasteiger partial charge in [-0.1, -0.05) is 6.07 Å². The summed E-state index contributed by atoms with van der Waals surface area (Å²) in [5.41, 5.74) is 2.98. The van der Waals surface area contributed by atoms with Gasteiger partial charge in [0, 0.05) is 18.7 Å². The van der Waals surface area contributed by atoms with Gasteiger partial charge in [-0.25, -0.2) is 0 Å². The van der Waals surface area contributed by atoms with Crippen molar-refractivity contribution >= 4 is 23.5 Å². The molecule has 1 heterocycles. The number of hydrogen-bond donors (Lipinski definition) is 3. The van der Waals surface area contributed by atoms with Crippen LogP contribution in [0.15, 0.2) is 39.9 Å². The average Bonchev–Trinajstić information content (AvgIpc) is 3.03. The highest BCUT2D eigenvalue weighted by molar-refractivity contribution is 7.80. The molecule has 2 aromatic rings. The van der Waals surface area contributed by atoms with Crippen LogP contribution in [0, 0.1) is 6.92 Å². The maximum absolute atomic E-state index is 12.9. The molecule has 0 radical (unpaired) electrons. The number of rotatable bonds is 6. The zero-order valence-electron chi connectivity index (χ0n) is 14.3. The molecule has 140 valence electrons. The first-order chi connectivity index (χ1) is 12.3. The number of benzene rings is 1. The molecular formula is C17H19F3N4OS. The third kappa shape index (κ3) is 5.57. The van der Waals surface area contributed by atoms with Gasteiger partial charge in [-0.2, -0.15) is 18.3 Å². The van der Waals surface area contributed by atoms with E-state index in [4.69, 9.17) is 16.6 Å². The predicted octanol–water partition coefficient (Wildman–Crippen LogP) is 3.29. The minimum Gasteiger partial charge on any atom is -0.455 e. The van der Waals surface area contributed by atoms with E-state index in [9.17, 15) is 13.2 Å². The fourth-order valence-electron chi connectivity index (χ4n) is 2.13. The summed E-state index contributed by atoms with van der Waals surface area (Å²) in [6.45, 7) is 3.13. The molecule has 0 unspecified atom stereocenters. The minimum absolute atomic E-state index is 0.338. The molecule has 0 fully saturated rings. The van der Waals surface area contributed by atoms with E-state index in [0.717, 1.165) is 18.7 Å². The lowest BCUT2D eigenvalue weighted by atomic mass is 10.0. The van der Waals surface area contributed by atoms with Crippen molar-refractivity contribution in [2.75, 3.05) is 20.1 Å². The van der Waals surface area contributed by atoms with Gasteiger partial charge < -0.3 is 15.1 Å². The number of thiocarbonyl (C=S) groups is 1. The fraction of sp³-hybridized carbons (Fsp3) is 0.294. The zero-order chi connectivity index (χ0) is 19.2. The van der Waals surface area contributed by atoms with Crippen molar-refractivity contribution in [1.82, 2.24) is 16.1 Å². The summed E-state index contributed by atoms with van der Waals surface area (Å²) in [7, 11) is 1.83. The first-order valence-corrected chi connectivity index (χ1v) is 8.21. The highest BCUT2D eigenvalue weighted by Gasteiger charge is 2.31. The molecule has 0 saturated carbocycles. The Morgan fingerprint density at radius 1 is 1.23 bits per heavy atom. The quantitative estimate of drug-likeness (QED) is 0.309. The molecule has 0 saturated heterocycles. The molecule has 0 spiro atoms. The van der Waals surface area contributed by atoms with Gasteiger partial charge in [-0.05, 0) is 56.0 Å². The number of hydrazone groups is 1. The van der Waals surface area contributed by atoms with Crippen LogP contribution in [0.2, 0.25) is 0 Å². The van der Waals surface area contributed by atoms with E-state index >= 15 is 0 Å². The number of likely N-dealkylation sites (N-methyl/N-ethyl adjacent to an activating group) is 1. The largest absolute Gasteiger partial charge is 0.455 e. The number of furan rings is 1. The van der Waals surface area contributed by atoms with Gasteiger partial charge in [0.1, 0.15) is 11.5 Å². The topological polar surface area (TPSA) is 61.6 Å². The van der Waals surface area contributed by atoms with Gasteiger partial charge in [0.05, 0.1) is 11.8 Å². The van der Waals surface area contributed by atoms with Gasteiger partial charge in [0.25, 0.3) is 0 Å². The van der Waals surface area contributed by atoms with E-state index in [1.165, 1.54) is 12.3 Å². The summed E-state index contributed by atoms with van der Waals surface area (Å²) in [5, 5.41) is 10.2. The number of aryl methyl sites for hydroxylation is 1. The fourth-order valence-corrected chi connectivity index (χ4v) is 2.28. The molecule has 26 heavy (non-hydrogen) atoms. The van der Waals surface area contributed by atoms with Gasteiger partial charge in [-0.3, -0.25) is 5.43 Å². The molecule has 0 aliphatic rings. The van der Waals surface area contributed by atoms with Crippen molar-refractivity contribution < 1.29 is 17.6 Å². The van der Waals surface area contributed by atoms with Crippen LogP contribution >= 0.6 is 12.2 Å². The minimum atomic E-state index is -4.40. The Morgan fingerprint density at radius 3 is 2.69 bits per heavy atom. The van der Waals surface area contributed by atoms with Crippen LogP contribution in [0.3, 0.4) is 0 Å². The van der Waals surface area contributed by atoms with Crippen molar-refractivity contribution in [2.45, 2.75) is 13.1 Å². The molecule has 0 amide bonds. The third-order valence-corrected chi connectivity index (χ3v) is 3.71. The number of nitrogens with one attached hydrogen (secondary N) is 3. The van der Waals surface area contributed by atoms with Crippen LogP contribution in [0.1, 0.15) is 16.9 Å². The normalized spacial score (nSPS) is 11.7. The summed E-state index contributed by atoms with van der Waals surface area (Å²) < 4.78 is 44.2. The van der Waals surface area contributed by atoms with Gasteiger partial charge >= 0.3 is 6.18 Å². The number of hydrogen-bond acceptors (Lipinski definition) is 4. The van der Waals surface area contributed by atoms with Crippen LogP contribution < -0.4 is 16.1 Å². The standard InChI is InChI=1S/C17H19F3N4OS/c1-11-3-4-12(17(18,19)20)9-14(11)15-6-5-13(25-15)10-23-24-16(26)22-8-7-21-2/h3-6,9-10,21H,7-8H2,1-2H3,(H2,22,24,26)/b23-10+. The Hall–Kier alpha value is -2.39. The molecule has 0 aliphatic heterocycles. The molecule has 0 aliphatic carbocycles. The number of alkyl halides is 3. The molecule has 2 rings (SSSR count). The van der Waals surface area contributed by atoms with Gasteiger partial charge in [0.2, 0.25) is 0 Å². The summed E-state index contributed by atoms with van der Waals surface area (Å²) >= 11 is 5.03. The van der Waals surface area contributed by atoms with Crippen molar-refractivity contribution in [3.63, 3.8) is 0 Å². The van der Waals surface area contributed by atoms with Crippen molar-refractivity contribution in [1.29, 1.82) is 0 Å². The molecule has 3 N–H and O–H groups in total. The van der Waals surface area contributed by atoms with Crippen molar-refractivity contribution in [3.05, 3.63) is 47.2 Å². The van der Waals surface area contributed by atoms with E-state index < -0.39 is 11.7 Å². The third-order valence-electron chi connectivity index (χ3n) is 3.48. The predicted molar refractivity (Wildman–Crippen MR) is 99.1 cm³/mol. The molecule has 1 aromatic heterocycles. The Kier molecular flexibility index (Phi) is 6.76. The highest BCUT2D eigenvalue weighted by atomic mass is 32.1. The Balaban J connectivity index is 2.06. The lowest BCUT2D eigenvalue weighted by Crippen LogP contribution is -2.36. The Bertz CT molecular complexity index is 787. The van der Waals surface area contributed by atoms with E-state index in [1.54, 1.807) is 19.1 Å². The molecule has 5 nitrogen and oxygen atoms in total. The van der Waals surface area contributed by atoms with Crippen molar-refractivity contribution in [2.24, 2.45) is 5.10 Å². The van der Waals surface area contributed by atoms with E-state index in [-0.39, 0.29) is 0 Å². The Labute approximate surface area is 154 Å². The summed E-state index contributed by atoms with van der Waals surface area (Å²) in [4.78, 5) is 0. The van der Waals surface area contributed by atoms with Gasteiger partial charge in [0.15, 0.2) is 5.11 Å². The average molecular weight is 384 g/mol. The number of nitrogens with zero attached hydrogens (tertiary/aromatic N) is 1. The van der Waals surface area contributed by atoms with Crippen LogP contribution in [-0.2, 0) is 6.18 Å². The molecule has 9 heteroatoms. The summed E-state index contributed by atoms with van der Waals surface area (Å²) in [5.74, 6) is 0.729. The monoisotopic (exact) mass is 384 g/mol. The van der Waals surface area contributed by atoms with Gasteiger partial charge in [-0.15, -0.1) is 0 Å². The number of halogens is 3.